The number of nitrogen functional groups attached to an aromatic ring is 1. The number of imidazole rings is 1. The lowest BCUT2D eigenvalue weighted by Gasteiger charge is -2.17. The summed E-state index contributed by atoms with van der Waals surface area (Å²) in [6.07, 6.45) is 4.78. The number of thioether (sulfide) groups is 1. The highest BCUT2D eigenvalue weighted by Crippen LogP contribution is 2.37. The third kappa shape index (κ3) is 7.16. The summed E-state index contributed by atoms with van der Waals surface area (Å²) >= 11 is 1.71. The number of amides is 1. The zero-order valence-electron chi connectivity index (χ0n) is 19.9. The Morgan fingerprint density at radius 1 is 1.31 bits per heavy atom. The lowest BCUT2D eigenvalue weighted by atomic mass is 10.0. The Bertz CT molecular complexity index is 1000. The lowest BCUT2D eigenvalue weighted by Crippen LogP contribution is -2.36. The molecular weight excluding hydrogens is 472 g/mol. The molecule has 10 N–H and O–H groups in total. The average molecular weight is 509 g/mol. The molecule has 14 heteroatoms. The first kappa shape index (κ1) is 26.9. The summed E-state index contributed by atoms with van der Waals surface area (Å²) in [6.45, 7) is 3.22. The van der Waals surface area contributed by atoms with Gasteiger partial charge in [-0.3, -0.25) is 14.4 Å². The number of fused-ring (bicyclic) bond motifs is 1. The van der Waals surface area contributed by atoms with Crippen molar-refractivity contribution in [3.63, 3.8) is 0 Å². The summed E-state index contributed by atoms with van der Waals surface area (Å²) in [5.41, 5.74) is 23.6. The Labute approximate surface area is 208 Å². The van der Waals surface area contributed by atoms with Crippen LogP contribution in [0, 0.1) is 5.92 Å². The topological polar surface area (TPSA) is 219 Å². The van der Waals surface area contributed by atoms with Gasteiger partial charge in [0.05, 0.1) is 24.6 Å². The number of aliphatic hydroxyl groups is 1. The van der Waals surface area contributed by atoms with Crippen molar-refractivity contribution in [2.75, 3.05) is 30.3 Å². The average Bonchev–Trinajstić information content (AvgIpc) is 3.38. The van der Waals surface area contributed by atoms with Crippen LogP contribution >= 0.6 is 11.8 Å². The highest BCUT2D eigenvalue weighted by atomic mass is 32.2. The van der Waals surface area contributed by atoms with Crippen molar-refractivity contribution in [1.82, 2.24) is 24.8 Å². The van der Waals surface area contributed by atoms with Crippen LogP contribution in [0.4, 0.5) is 5.82 Å². The molecule has 0 aromatic carbocycles. The number of ether oxygens (including phenoxy) is 1. The molecule has 5 atom stereocenters. The minimum atomic E-state index is -0.598. The molecule has 194 valence electrons. The van der Waals surface area contributed by atoms with E-state index in [1.165, 1.54) is 6.33 Å². The first-order valence-electron chi connectivity index (χ1n) is 11.7. The molecule has 3 heterocycles. The van der Waals surface area contributed by atoms with Crippen LogP contribution in [0.25, 0.3) is 11.2 Å². The number of aromatic nitrogens is 4. The number of rotatable bonds is 13. The zero-order chi connectivity index (χ0) is 25.4. The number of nitrogens with two attached hydrogens (primary N) is 4. The van der Waals surface area contributed by atoms with Crippen LogP contribution in [0.1, 0.15) is 38.8 Å². The van der Waals surface area contributed by atoms with Crippen molar-refractivity contribution < 1.29 is 14.6 Å². The molecule has 1 saturated heterocycles. The van der Waals surface area contributed by atoms with Crippen molar-refractivity contribution >= 4 is 40.6 Å². The maximum atomic E-state index is 10.9. The van der Waals surface area contributed by atoms with E-state index >= 15 is 0 Å². The second-order valence-corrected chi connectivity index (χ2v) is 9.77. The normalized spacial score (nSPS) is 23.6. The largest absolute Gasteiger partial charge is 0.390 e. The summed E-state index contributed by atoms with van der Waals surface area (Å²) in [5.74, 6) is 1.64. The molecule has 2 aromatic rings. The van der Waals surface area contributed by atoms with Crippen molar-refractivity contribution in [3.05, 3.63) is 12.7 Å². The van der Waals surface area contributed by atoms with Gasteiger partial charge in [-0.2, -0.15) is 11.8 Å². The summed E-state index contributed by atoms with van der Waals surface area (Å²) in [6, 6.07) is -0.594. The summed E-state index contributed by atoms with van der Waals surface area (Å²) < 4.78 is 7.98. The van der Waals surface area contributed by atoms with E-state index in [2.05, 4.69) is 25.3 Å². The number of anilines is 1. The van der Waals surface area contributed by atoms with Crippen molar-refractivity contribution in [3.8, 4) is 0 Å². The minimum Gasteiger partial charge on any atom is -0.390 e. The van der Waals surface area contributed by atoms with Gasteiger partial charge in [-0.15, -0.1) is 0 Å². The number of unbranched alkanes of at least 4 members (excludes halogenated alkanes) is 1. The number of hydrogen-bond acceptors (Lipinski definition) is 10. The Morgan fingerprint density at radius 3 is 2.89 bits per heavy atom. The number of nitrogens with zero attached hydrogens (tertiary/aromatic N) is 5. The van der Waals surface area contributed by atoms with Crippen LogP contribution in [0.15, 0.2) is 17.6 Å². The number of carbonyl (C=O) groups is 1. The predicted molar refractivity (Wildman–Crippen MR) is 136 cm³/mol. The molecule has 0 bridgehead atoms. The van der Waals surface area contributed by atoms with E-state index in [1.807, 2.05) is 11.5 Å². The van der Waals surface area contributed by atoms with Gasteiger partial charge in [0.15, 0.2) is 17.4 Å². The monoisotopic (exact) mass is 508 g/mol. The standard InChI is InChI=1S/C21H36N10O3S/c1-12-16(32)14(34-20(12)31-11-30-15-17(23)28-10-29-19(15)31)9-35-8-4-7-27-21(25)26-6-3-2-5-13(22)18(24)33/h10-14,16,20,32H,2-9,22H2,1H3,(H2,24,33)(H2,23,28,29)(H3,25,26,27)/t12-,13-,14-,16+,20-/m1/s1. The Kier molecular flexibility index (Phi) is 9.89. The number of guanidine groups is 1. The maximum Gasteiger partial charge on any atom is 0.234 e. The minimum absolute atomic E-state index is 0.129. The van der Waals surface area contributed by atoms with Crippen molar-refractivity contribution in [2.24, 2.45) is 28.1 Å². The van der Waals surface area contributed by atoms with E-state index in [0.717, 1.165) is 25.0 Å². The Hall–Kier alpha value is -2.68. The van der Waals surface area contributed by atoms with Gasteiger partial charge in [-0.25, -0.2) is 15.0 Å². The van der Waals surface area contributed by atoms with Crippen molar-refractivity contribution in [2.45, 2.75) is 57.1 Å². The molecule has 0 saturated carbocycles. The maximum absolute atomic E-state index is 10.9. The molecule has 1 aliphatic heterocycles. The molecular formula is C21H36N10O3S. The van der Waals surface area contributed by atoms with Gasteiger partial charge in [-0.1, -0.05) is 6.92 Å². The molecule has 35 heavy (non-hydrogen) atoms. The summed E-state index contributed by atoms with van der Waals surface area (Å²) in [4.78, 5) is 27.8. The molecule has 2 aromatic heterocycles. The van der Waals surface area contributed by atoms with Gasteiger partial charge in [0, 0.05) is 24.8 Å². The van der Waals surface area contributed by atoms with Gasteiger partial charge in [-0.05, 0) is 31.4 Å². The van der Waals surface area contributed by atoms with E-state index in [9.17, 15) is 9.90 Å². The van der Waals surface area contributed by atoms with Crippen molar-refractivity contribution in [1.29, 1.82) is 0 Å². The molecule has 1 aliphatic rings. The first-order valence-corrected chi connectivity index (χ1v) is 12.9. The number of primary amides is 1. The summed E-state index contributed by atoms with van der Waals surface area (Å²) in [7, 11) is 0. The van der Waals surface area contributed by atoms with Crippen LogP contribution in [0.2, 0.25) is 0 Å². The quantitative estimate of drug-likeness (QED) is 0.113. The van der Waals surface area contributed by atoms with Gasteiger partial charge in [0.1, 0.15) is 18.1 Å². The van der Waals surface area contributed by atoms with Gasteiger partial charge in [0.25, 0.3) is 0 Å². The number of nitrogens with one attached hydrogen (secondary N) is 1. The van der Waals surface area contributed by atoms with E-state index in [-0.39, 0.29) is 18.2 Å². The van der Waals surface area contributed by atoms with Gasteiger partial charge < -0.3 is 38.1 Å². The molecule has 0 unspecified atom stereocenters. The van der Waals surface area contributed by atoms with Crippen LogP contribution in [-0.2, 0) is 9.53 Å². The number of carbonyl (C=O) groups excluding carboxylic acids is 1. The molecule has 0 radical (unpaired) electrons. The Morgan fingerprint density at radius 2 is 2.11 bits per heavy atom. The van der Waals surface area contributed by atoms with Crippen LogP contribution in [-0.4, -0.2) is 79.3 Å². The fourth-order valence-electron chi connectivity index (χ4n) is 3.87. The summed E-state index contributed by atoms with van der Waals surface area (Å²) in [5, 5.41) is 13.8. The lowest BCUT2D eigenvalue weighted by molar-refractivity contribution is -0.119. The molecule has 1 fully saturated rings. The molecule has 13 nitrogen and oxygen atoms in total. The van der Waals surface area contributed by atoms with E-state index in [0.29, 0.717) is 48.2 Å². The highest BCUT2D eigenvalue weighted by molar-refractivity contribution is 7.99. The van der Waals surface area contributed by atoms with Gasteiger partial charge in [0.2, 0.25) is 5.91 Å². The highest BCUT2D eigenvalue weighted by Gasteiger charge is 2.42. The fourth-order valence-corrected chi connectivity index (χ4v) is 4.88. The third-order valence-corrected chi connectivity index (χ3v) is 7.11. The SMILES string of the molecule is C[C@@H]1[C@H](O)[C@@H](CSCCCN=C(N)NCCCC[C@@H](N)C(N)=O)O[C@H]1n1cnc2c(N)ncnc21. The van der Waals surface area contributed by atoms with Crippen LogP contribution in [0.5, 0.6) is 0 Å². The molecule has 1 amide bonds. The second kappa shape index (κ2) is 12.9. The second-order valence-electron chi connectivity index (χ2n) is 8.62. The first-order chi connectivity index (χ1) is 16.8. The van der Waals surface area contributed by atoms with Gasteiger partial charge >= 0.3 is 0 Å². The van der Waals surface area contributed by atoms with E-state index < -0.39 is 18.1 Å². The van der Waals surface area contributed by atoms with Crippen LogP contribution < -0.4 is 28.3 Å². The van der Waals surface area contributed by atoms with Crippen LogP contribution in [0.3, 0.4) is 0 Å². The predicted octanol–water partition coefficient (Wildman–Crippen LogP) is -0.687. The molecule has 0 aliphatic carbocycles. The zero-order valence-corrected chi connectivity index (χ0v) is 20.7. The third-order valence-electron chi connectivity index (χ3n) is 5.97. The Balaban J connectivity index is 1.33. The number of hydrogen-bond donors (Lipinski definition) is 6. The fraction of sp³-hybridized carbons (Fsp3) is 0.667. The van der Waals surface area contributed by atoms with E-state index in [4.69, 9.17) is 27.7 Å². The number of aliphatic imine (C=N–C) groups is 1. The van der Waals surface area contributed by atoms with E-state index in [1.54, 1.807) is 18.1 Å². The number of aliphatic hydroxyl groups excluding tert-OH is 1. The smallest absolute Gasteiger partial charge is 0.234 e. The molecule has 0 spiro atoms. The molecule has 3 rings (SSSR count).